The molecule has 0 amide bonds. The van der Waals surface area contributed by atoms with Crippen LogP contribution in [0.25, 0.3) is 0 Å². The summed E-state index contributed by atoms with van der Waals surface area (Å²) in [5.74, 6) is 8.08. The first-order valence-electron chi connectivity index (χ1n) is 7.47. The largest absolute Gasteiger partial charge is 0.354 e. The maximum absolute atomic E-state index is 5.52. The normalized spacial score (nSPS) is 20.2. The maximum atomic E-state index is 5.52. The lowest BCUT2D eigenvalue weighted by Gasteiger charge is -2.39. The van der Waals surface area contributed by atoms with Gasteiger partial charge < -0.3 is 10.3 Å². The number of piperazine rings is 1. The summed E-state index contributed by atoms with van der Waals surface area (Å²) < 4.78 is 0. The van der Waals surface area contributed by atoms with E-state index in [4.69, 9.17) is 5.84 Å². The smallest absolute Gasteiger partial charge is 0.145 e. The molecular formula is C14H26N6. The van der Waals surface area contributed by atoms with Gasteiger partial charge >= 0.3 is 0 Å². The molecule has 1 aromatic rings. The fourth-order valence-electron chi connectivity index (χ4n) is 2.65. The molecule has 0 bridgehead atoms. The van der Waals surface area contributed by atoms with Gasteiger partial charge in [0.05, 0.1) is 0 Å². The van der Waals surface area contributed by atoms with Crippen LogP contribution in [0.5, 0.6) is 0 Å². The van der Waals surface area contributed by atoms with E-state index < -0.39 is 0 Å². The van der Waals surface area contributed by atoms with Crippen molar-refractivity contribution in [2.24, 2.45) is 5.84 Å². The first kappa shape index (κ1) is 15.0. The molecule has 0 aromatic carbocycles. The number of nitrogen functional groups attached to an aromatic ring is 1. The Bertz CT molecular complexity index is 436. The molecule has 0 radical (unpaired) electrons. The Morgan fingerprint density at radius 2 is 2.15 bits per heavy atom. The molecule has 0 saturated carbocycles. The van der Waals surface area contributed by atoms with Gasteiger partial charge in [-0.2, -0.15) is 0 Å². The molecule has 1 aliphatic heterocycles. The van der Waals surface area contributed by atoms with Gasteiger partial charge in [0.2, 0.25) is 0 Å². The monoisotopic (exact) mass is 278 g/mol. The minimum Gasteiger partial charge on any atom is -0.354 e. The summed E-state index contributed by atoms with van der Waals surface area (Å²) in [4.78, 5) is 13.9. The van der Waals surface area contributed by atoms with Crippen molar-refractivity contribution in [3.05, 3.63) is 11.9 Å². The lowest BCUT2D eigenvalue weighted by Crippen LogP contribution is -2.51. The fourth-order valence-corrected chi connectivity index (χ4v) is 2.65. The molecular weight excluding hydrogens is 252 g/mol. The highest BCUT2D eigenvalue weighted by atomic mass is 15.3. The third-order valence-corrected chi connectivity index (χ3v) is 3.95. The van der Waals surface area contributed by atoms with Crippen LogP contribution in [-0.4, -0.2) is 47.6 Å². The van der Waals surface area contributed by atoms with Crippen LogP contribution in [0.3, 0.4) is 0 Å². The van der Waals surface area contributed by atoms with E-state index in [1.807, 2.05) is 6.07 Å². The molecule has 0 aliphatic carbocycles. The fraction of sp³-hybridized carbons (Fsp3) is 0.714. The molecule has 112 valence electrons. The second-order valence-electron chi connectivity index (χ2n) is 5.41. The van der Waals surface area contributed by atoms with Crippen molar-refractivity contribution in [2.75, 3.05) is 37.0 Å². The van der Waals surface area contributed by atoms with Crippen molar-refractivity contribution < 1.29 is 0 Å². The van der Waals surface area contributed by atoms with Gasteiger partial charge in [-0.25, -0.2) is 15.8 Å². The van der Waals surface area contributed by atoms with Gasteiger partial charge in [0.15, 0.2) is 0 Å². The van der Waals surface area contributed by atoms with E-state index in [0.717, 1.165) is 50.5 Å². The second kappa shape index (κ2) is 6.85. The Morgan fingerprint density at radius 1 is 1.35 bits per heavy atom. The van der Waals surface area contributed by atoms with Crippen molar-refractivity contribution >= 4 is 11.6 Å². The van der Waals surface area contributed by atoms with Gasteiger partial charge in [-0.1, -0.05) is 13.8 Å². The number of hydrogen-bond acceptors (Lipinski definition) is 6. The average Bonchev–Trinajstić information content (AvgIpc) is 2.47. The van der Waals surface area contributed by atoms with E-state index >= 15 is 0 Å². The number of aromatic nitrogens is 2. The van der Waals surface area contributed by atoms with Crippen LogP contribution in [-0.2, 0) is 6.42 Å². The van der Waals surface area contributed by atoms with Crippen LogP contribution in [0.15, 0.2) is 6.07 Å². The zero-order valence-corrected chi connectivity index (χ0v) is 12.8. The summed E-state index contributed by atoms with van der Waals surface area (Å²) in [5, 5.41) is 0. The number of likely N-dealkylation sites (N-methyl/N-ethyl adjacent to an activating group) is 1. The van der Waals surface area contributed by atoms with Gasteiger partial charge in [0, 0.05) is 38.2 Å². The SMILES string of the molecule is CCCc1nc(NN)cc(N2CCN(C)C(CC)C2)n1. The lowest BCUT2D eigenvalue weighted by molar-refractivity contribution is 0.213. The quantitative estimate of drug-likeness (QED) is 0.624. The van der Waals surface area contributed by atoms with Crippen molar-refractivity contribution in [2.45, 2.75) is 39.2 Å². The van der Waals surface area contributed by atoms with Crippen molar-refractivity contribution in [3.63, 3.8) is 0 Å². The number of hydrazine groups is 1. The Morgan fingerprint density at radius 3 is 2.80 bits per heavy atom. The molecule has 1 aliphatic rings. The van der Waals surface area contributed by atoms with E-state index in [1.165, 1.54) is 0 Å². The van der Waals surface area contributed by atoms with Crippen LogP contribution < -0.4 is 16.2 Å². The van der Waals surface area contributed by atoms with E-state index in [-0.39, 0.29) is 0 Å². The van der Waals surface area contributed by atoms with Crippen LogP contribution in [0.2, 0.25) is 0 Å². The van der Waals surface area contributed by atoms with Crippen LogP contribution in [0, 0.1) is 0 Å². The van der Waals surface area contributed by atoms with Gasteiger partial charge in [-0.15, -0.1) is 0 Å². The van der Waals surface area contributed by atoms with E-state index in [2.05, 4.69) is 46.1 Å². The zero-order valence-electron chi connectivity index (χ0n) is 12.8. The Kier molecular flexibility index (Phi) is 5.14. The maximum Gasteiger partial charge on any atom is 0.145 e. The molecule has 2 rings (SSSR count). The van der Waals surface area contributed by atoms with E-state index in [9.17, 15) is 0 Å². The van der Waals surface area contributed by atoms with Gasteiger partial charge in [0.25, 0.3) is 0 Å². The summed E-state index contributed by atoms with van der Waals surface area (Å²) in [6.45, 7) is 7.45. The molecule has 20 heavy (non-hydrogen) atoms. The molecule has 0 spiro atoms. The molecule has 1 aromatic heterocycles. The third-order valence-electron chi connectivity index (χ3n) is 3.95. The Balaban J connectivity index is 2.20. The molecule has 1 unspecified atom stereocenters. The lowest BCUT2D eigenvalue weighted by atomic mass is 10.1. The summed E-state index contributed by atoms with van der Waals surface area (Å²) in [5.41, 5.74) is 2.65. The zero-order chi connectivity index (χ0) is 14.5. The third kappa shape index (κ3) is 3.37. The standard InChI is InChI=1S/C14H26N6/c1-4-6-12-16-13(18-15)9-14(17-12)20-8-7-19(3)11(5-2)10-20/h9,11H,4-8,10,15H2,1-3H3,(H,16,17,18). The second-order valence-corrected chi connectivity index (χ2v) is 5.41. The summed E-state index contributed by atoms with van der Waals surface area (Å²) in [6.07, 6.45) is 3.07. The number of nitrogens with zero attached hydrogens (tertiary/aromatic N) is 4. The molecule has 6 nitrogen and oxygen atoms in total. The van der Waals surface area contributed by atoms with Crippen LogP contribution >= 0.6 is 0 Å². The Labute approximate surface area is 121 Å². The van der Waals surface area contributed by atoms with Crippen LogP contribution in [0.1, 0.15) is 32.5 Å². The number of rotatable bonds is 5. The molecule has 2 heterocycles. The summed E-state index contributed by atoms with van der Waals surface area (Å²) >= 11 is 0. The summed E-state index contributed by atoms with van der Waals surface area (Å²) in [7, 11) is 2.20. The number of aryl methyl sites for hydroxylation is 1. The number of anilines is 2. The molecule has 1 atom stereocenters. The number of nitrogens with two attached hydrogens (primary N) is 1. The van der Waals surface area contributed by atoms with Crippen molar-refractivity contribution in [1.82, 2.24) is 14.9 Å². The van der Waals surface area contributed by atoms with Crippen molar-refractivity contribution in [1.29, 1.82) is 0 Å². The van der Waals surface area contributed by atoms with E-state index in [0.29, 0.717) is 11.9 Å². The summed E-state index contributed by atoms with van der Waals surface area (Å²) in [6, 6.07) is 2.53. The molecule has 1 saturated heterocycles. The van der Waals surface area contributed by atoms with Crippen molar-refractivity contribution in [3.8, 4) is 0 Å². The molecule has 1 fully saturated rings. The predicted octanol–water partition coefficient (Wildman–Crippen LogP) is 1.25. The van der Waals surface area contributed by atoms with E-state index in [1.54, 1.807) is 0 Å². The highest BCUT2D eigenvalue weighted by molar-refractivity contribution is 5.49. The molecule has 3 N–H and O–H groups in total. The highest BCUT2D eigenvalue weighted by Gasteiger charge is 2.24. The molecule has 6 heteroatoms. The Hall–Kier alpha value is -1.40. The van der Waals surface area contributed by atoms with Crippen LogP contribution in [0.4, 0.5) is 11.6 Å². The highest BCUT2D eigenvalue weighted by Crippen LogP contribution is 2.20. The predicted molar refractivity (Wildman–Crippen MR) is 82.8 cm³/mol. The van der Waals surface area contributed by atoms with Gasteiger partial charge in [-0.3, -0.25) is 4.90 Å². The first-order valence-corrected chi connectivity index (χ1v) is 7.47. The van der Waals surface area contributed by atoms with Gasteiger partial charge in [0.1, 0.15) is 17.5 Å². The first-order chi connectivity index (χ1) is 9.67. The average molecular weight is 278 g/mol. The van der Waals surface area contributed by atoms with Gasteiger partial charge in [-0.05, 0) is 19.9 Å². The number of nitrogens with one attached hydrogen (secondary N) is 1. The minimum atomic E-state index is 0.586. The number of hydrogen-bond donors (Lipinski definition) is 2. The minimum absolute atomic E-state index is 0.586. The topological polar surface area (TPSA) is 70.3 Å².